The van der Waals surface area contributed by atoms with Gasteiger partial charge in [-0.2, -0.15) is 0 Å². The number of fused-ring (bicyclic) bond motifs is 22. The minimum atomic E-state index is -0.563. The standard InChI is InChI=1S/C56H34N2O/c1-4-18-39-35(14-1)36-15-2-5-19-40(36)55(39)41-20-6-8-22-43(41)56(44-23-9-7-21-42(44)55)45-24-11-17-37(47-30-28-34-27-26-33-13-12-32-57-53(33)54(34)58-47)50(45)52-46(56)29-31-49-51(52)38-16-3-10-25-48(38)59-49/h1-8,10-22,24-32H,9,23H2. The summed E-state index contributed by atoms with van der Waals surface area (Å²) in [4.78, 5) is 10.4. The van der Waals surface area contributed by atoms with Gasteiger partial charge in [-0.15, -0.1) is 0 Å². The molecular weight excluding hydrogens is 717 g/mol. The average molecular weight is 751 g/mol. The van der Waals surface area contributed by atoms with Crippen LogP contribution in [0.4, 0.5) is 0 Å². The zero-order valence-electron chi connectivity index (χ0n) is 32.0. The summed E-state index contributed by atoms with van der Waals surface area (Å²) < 4.78 is 6.70. The first-order valence-corrected chi connectivity index (χ1v) is 20.7. The predicted molar refractivity (Wildman–Crippen MR) is 239 cm³/mol. The van der Waals surface area contributed by atoms with Crippen molar-refractivity contribution in [1.82, 2.24) is 9.97 Å². The highest BCUT2D eigenvalue weighted by molar-refractivity contribution is 6.17. The fourth-order valence-corrected chi connectivity index (χ4v) is 12.0. The number of rotatable bonds is 1. The molecular formula is C56H34N2O. The van der Waals surface area contributed by atoms with Crippen LogP contribution < -0.4 is 0 Å². The molecule has 3 nitrogen and oxygen atoms in total. The Hall–Kier alpha value is -7.36. The Morgan fingerprint density at radius 1 is 0.475 bits per heavy atom. The van der Waals surface area contributed by atoms with Crippen LogP contribution in [0.3, 0.4) is 0 Å². The van der Waals surface area contributed by atoms with Crippen LogP contribution in [0.5, 0.6) is 0 Å². The molecule has 14 rings (SSSR count). The number of benzene rings is 7. The van der Waals surface area contributed by atoms with E-state index in [1.807, 2.05) is 12.3 Å². The number of aromatic nitrogens is 2. The molecule has 59 heavy (non-hydrogen) atoms. The van der Waals surface area contributed by atoms with Crippen molar-refractivity contribution in [1.29, 1.82) is 0 Å². The summed E-state index contributed by atoms with van der Waals surface area (Å²) in [7, 11) is 0. The van der Waals surface area contributed by atoms with Crippen LogP contribution in [0.1, 0.15) is 46.2 Å². The van der Waals surface area contributed by atoms with E-state index in [9.17, 15) is 0 Å². The second-order valence-electron chi connectivity index (χ2n) is 16.6. The number of para-hydroxylation sites is 1. The van der Waals surface area contributed by atoms with Gasteiger partial charge in [0.25, 0.3) is 0 Å². The van der Waals surface area contributed by atoms with E-state index in [0.29, 0.717) is 0 Å². The predicted octanol–water partition coefficient (Wildman–Crippen LogP) is 13.6. The number of furan rings is 1. The van der Waals surface area contributed by atoms with Crippen LogP contribution >= 0.6 is 0 Å². The minimum absolute atomic E-state index is 0.456. The molecule has 3 aromatic heterocycles. The van der Waals surface area contributed by atoms with E-state index in [2.05, 4.69) is 170 Å². The van der Waals surface area contributed by atoms with Gasteiger partial charge in [0.2, 0.25) is 0 Å². The van der Waals surface area contributed by atoms with E-state index < -0.39 is 10.8 Å². The molecule has 0 saturated carbocycles. The molecule has 1 unspecified atom stereocenters. The van der Waals surface area contributed by atoms with Crippen LogP contribution in [-0.4, -0.2) is 9.97 Å². The van der Waals surface area contributed by atoms with Gasteiger partial charge in [0, 0.05) is 33.3 Å². The number of pyridine rings is 2. The second kappa shape index (κ2) is 11.2. The molecule has 0 saturated heterocycles. The van der Waals surface area contributed by atoms with Gasteiger partial charge >= 0.3 is 0 Å². The van der Waals surface area contributed by atoms with Crippen LogP contribution in [0.2, 0.25) is 0 Å². The highest BCUT2D eigenvalue weighted by atomic mass is 16.3. The summed E-state index contributed by atoms with van der Waals surface area (Å²) >= 11 is 0. The lowest BCUT2D eigenvalue weighted by atomic mass is 9.51. The van der Waals surface area contributed by atoms with Gasteiger partial charge in [-0.05, 0) is 104 Å². The Morgan fingerprint density at radius 2 is 1.14 bits per heavy atom. The summed E-state index contributed by atoms with van der Waals surface area (Å²) in [6, 6.07) is 60.6. The van der Waals surface area contributed by atoms with Crippen molar-refractivity contribution in [3.8, 4) is 33.5 Å². The molecule has 4 aliphatic carbocycles. The summed E-state index contributed by atoms with van der Waals surface area (Å²) in [5.41, 5.74) is 20.8. The van der Waals surface area contributed by atoms with E-state index in [1.165, 1.54) is 72.2 Å². The van der Waals surface area contributed by atoms with E-state index in [0.717, 1.165) is 62.5 Å². The summed E-state index contributed by atoms with van der Waals surface area (Å²) in [5.74, 6) is 0. The Balaban J connectivity index is 1.17. The Bertz CT molecular complexity index is 3540. The first-order chi connectivity index (χ1) is 29.3. The van der Waals surface area contributed by atoms with E-state index in [-0.39, 0.29) is 0 Å². The van der Waals surface area contributed by atoms with Crippen molar-refractivity contribution in [3.05, 3.63) is 227 Å². The highest BCUT2D eigenvalue weighted by Crippen LogP contribution is 2.70. The number of hydrogen-bond donors (Lipinski definition) is 0. The second-order valence-corrected chi connectivity index (χ2v) is 16.6. The Labute approximate surface area is 340 Å². The molecule has 0 amide bonds. The molecule has 3 heteroatoms. The van der Waals surface area contributed by atoms with Gasteiger partial charge in [-0.3, -0.25) is 4.98 Å². The summed E-state index contributed by atoms with van der Waals surface area (Å²) in [6.07, 6.45) is 8.71. The third-order valence-corrected chi connectivity index (χ3v) is 14.1. The number of allylic oxidation sites excluding steroid dienone is 4. The molecule has 0 bridgehead atoms. The third kappa shape index (κ3) is 3.71. The maximum absolute atomic E-state index is 6.70. The van der Waals surface area contributed by atoms with Crippen LogP contribution in [-0.2, 0) is 10.8 Å². The van der Waals surface area contributed by atoms with Crippen molar-refractivity contribution >= 4 is 43.7 Å². The molecule has 3 heterocycles. The first kappa shape index (κ1) is 31.7. The Kier molecular flexibility index (Phi) is 6.01. The van der Waals surface area contributed by atoms with Crippen LogP contribution in [0, 0.1) is 0 Å². The molecule has 2 spiro atoms. The lowest BCUT2D eigenvalue weighted by Gasteiger charge is -2.50. The van der Waals surface area contributed by atoms with Gasteiger partial charge in [0.05, 0.1) is 27.6 Å². The first-order valence-electron chi connectivity index (χ1n) is 20.7. The molecule has 1 atom stereocenters. The van der Waals surface area contributed by atoms with Gasteiger partial charge in [0.1, 0.15) is 11.2 Å². The monoisotopic (exact) mass is 750 g/mol. The third-order valence-electron chi connectivity index (χ3n) is 14.1. The molecule has 0 N–H and O–H groups in total. The molecule has 7 aromatic carbocycles. The lowest BCUT2D eigenvalue weighted by Crippen LogP contribution is -2.44. The zero-order chi connectivity index (χ0) is 38.5. The maximum atomic E-state index is 6.70. The number of nitrogens with zero attached hydrogens (tertiary/aromatic N) is 2. The normalized spacial score (nSPS) is 17.8. The average Bonchev–Trinajstić information content (AvgIpc) is 3.93. The Morgan fingerprint density at radius 3 is 1.97 bits per heavy atom. The van der Waals surface area contributed by atoms with E-state index >= 15 is 0 Å². The van der Waals surface area contributed by atoms with Crippen molar-refractivity contribution in [2.24, 2.45) is 0 Å². The van der Waals surface area contributed by atoms with E-state index in [4.69, 9.17) is 14.4 Å². The van der Waals surface area contributed by atoms with Crippen LogP contribution in [0.25, 0.3) is 77.3 Å². The molecule has 274 valence electrons. The fraction of sp³-hybridized carbons (Fsp3) is 0.0714. The van der Waals surface area contributed by atoms with Gasteiger partial charge in [-0.1, -0.05) is 152 Å². The van der Waals surface area contributed by atoms with Crippen molar-refractivity contribution in [2.45, 2.75) is 23.7 Å². The van der Waals surface area contributed by atoms with Gasteiger partial charge in [-0.25, -0.2) is 4.98 Å². The largest absolute Gasteiger partial charge is 0.456 e. The van der Waals surface area contributed by atoms with Crippen molar-refractivity contribution < 1.29 is 4.42 Å². The quantitative estimate of drug-likeness (QED) is 0.157. The topological polar surface area (TPSA) is 38.9 Å². The fourth-order valence-electron chi connectivity index (χ4n) is 12.0. The highest BCUT2D eigenvalue weighted by Gasteiger charge is 2.60. The van der Waals surface area contributed by atoms with Crippen LogP contribution in [0.15, 0.2) is 198 Å². The van der Waals surface area contributed by atoms with Gasteiger partial charge in [0.15, 0.2) is 0 Å². The molecule has 4 aliphatic rings. The van der Waals surface area contributed by atoms with Crippen molar-refractivity contribution in [3.63, 3.8) is 0 Å². The van der Waals surface area contributed by atoms with Gasteiger partial charge < -0.3 is 4.42 Å². The maximum Gasteiger partial charge on any atom is 0.136 e. The SMILES string of the molecule is C1=CC2=C(CC1)C1(c3ccccc3C23c2ccccc2-c2ccccc23)c2cccc(-c3ccc4ccc5cccnc5c4n3)c2-c2c1ccc1oc3ccccc3c21. The lowest BCUT2D eigenvalue weighted by molar-refractivity contribution is 0.590. The number of hydrogen-bond acceptors (Lipinski definition) is 3. The van der Waals surface area contributed by atoms with E-state index in [1.54, 1.807) is 0 Å². The summed E-state index contributed by atoms with van der Waals surface area (Å²) in [6.45, 7) is 0. The summed E-state index contributed by atoms with van der Waals surface area (Å²) in [5, 5.41) is 4.47. The molecule has 0 radical (unpaired) electrons. The minimum Gasteiger partial charge on any atom is -0.456 e. The smallest absolute Gasteiger partial charge is 0.136 e. The van der Waals surface area contributed by atoms with Crippen molar-refractivity contribution in [2.75, 3.05) is 0 Å². The molecule has 10 aromatic rings. The zero-order valence-corrected chi connectivity index (χ0v) is 32.0. The molecule has 0 fully saturated rings. The molecule has 0 aliphatic heterocycles.